The van der Waals surface area contributed by atoms with Gasteiger partial charge in [0.1, 0.15) is 17.6 Å². The number of carbonyl (C=O) groups excluding carboxylic acids is 2. The van der Waals surface area contributed by atoms with Crippen LogP contribution in [0.3, 0.4) is 0 Å². The van der Waals surface area contributed by atoms with Gasteiger partial charge in [0.05, 0.1) is 31.5 Å². The molecule has 13 heteroatoms. The van der Waals surface area contributed by atoms with Crippen molar-refractivity contribution in [3.8, 4) is 11.4 Å². The number of amides is 2. The quantitative estimate of drug-likeness (QED) is 0.170. The molecule has 0 saturated heterocycles. The van der Waals surface area contributed by atoms with Crippen molar-refractivity contribution < 1.29 is 24.4 Å². The molecule has 238 valence electrons. The molecule has 4 N–H and O–H groups in total. The number of nitrogens with zero attached hydrogens (tertiary/aromatic N) is 4. The maximum Gasteiger partial charge on any atom is 0.488 e. The summed E-state index contributed by atoms with van der Waals surface area (Å²) in [5.74, 6) is 1.13. The summed E-state index contributed by atoms with van der Waals surface area (Å²) < 4.78 is 7.41. The standard InChI is InChI=1S/C34H32BClN6O5/c1-20-40-41-34-29(39-33(22-6-9-26(36)10-7-22)28-17-27(47-2)11-12-30(28)42(20)34)18-31(43)38-19-32(44)37-14-13-21-3-4-24-16-25(35(45)46)8-5-23(24)15-21/h3-12,15-17,29,45-46H,13-14,18-19H2,1-2H3,(H,37,44)(H,38,43)/t29-/m0/s1. The first-order valence-electron chi connectivity index (χ1n) is 15.1. The predicted molar refractivity (Wildman–Crippen MR) is 181 cm³/mol. The van der Waals surface area contributed by atoms with Gasteiger partial charge < -0.3 is 25.4 Å². The number of carbonyl (C=O) groups is 2. The van der Waals surface area contributed by atoms with Crippen molar-refractivity contribution in [2.75, 3.05) is 20.2 Å². The van der Waals surface area contributed by atoms with Crippen LogP contribution in [0.25, 0.3) is 16.5 Å². The van der Waals surface area contributed by atoms with E-state index < -0.39 is 13.2 Å². The van der Waals surface area contributed by atoms with Crippen molar-refractivity contribution in [2.45, 2.75) is 25.8 Å². The minimum Gasteiger partial charge on any atom is -0.497 e. The number of ether oxygens (including phenoxy) is 1. The molecule has 1 atom stereocenters. The lowest BCUT2D eigenvalue weighted by Crippen LogP contribution is -2.38. The van der Waals surface area contributed by atoms with Crippen molar-refractivity contribution in [3.63, 3.8) is 0 Å². The van der Waals surface area contributed by atoms with E-state index in [1.807, 2.05) is 66.1 Å². The fourth-order valence-corrected chi connectivity index (χ4v) is 5.77. The topological polar surface area (TPSA) is 151 Å². The first kappa shape index (κ1) is 31.9. The van der Waals surface area contributed by atoms with Crippen molar-refractivity contribution >= 4 is 52.5 Å². The largest absolute Gasteiger partial charge is 0.497 e. The predicted octanol–water partition coefficient (Wildman–Crippen LogP) is 2.83. The van der Waals surface area contributed by atoms with E-state index in [9.17, 15) is 19.6 Å². The zero-order chi connectivity index (χ0) is 33.1. The van der Waals surface area contributed by atoms with Gasteiger partial charge in [-0.1, -0.05) is 60.1 Å². The van der Waals surface area contributed by atoms with E-state index in [2.05, 4.69) is 20.8 Å². The molecule has 0 saturated carbocycles. The Morgan fingerprint density at radius 1 is 0.936 bits per heavy atom. The maximum absolute atomic E-state index is 13.2. The molecule has 0 unspecified atom stereocenters. The number of hydrogen-bond acceptors (Lipinski definition) is 8. The lowest BCUT2D eigenvalue weighted by Gasteiger charge is -2.14. The van der Waals surface area contributed by atoms with Gasteiger partial charge in [-0.3, -0.25) is 19.1 Å². The molecule has 1 aromatic heterocycles. The fraction of sp³-hybridized carbons (Fsp3) is 0.206. The zero-order valence-corrected chi connectivity index (χ0v) is 26.5. The van der Waals surface area contributed by atoms with Gasteiger partial charge in [0.15, 0.2) is 5.82 Å². The van der Waals surface area contributed by atoms with E-state index >= 15 is 0 Å². The van der Waals surface area contributed by atoms with Gasteiger partial charge in [0, 0.05) is 22.7 Å². The first-order valence-corrected chi connectivity index (χ1v) is 15.4. The second-order valence-electron chi connectivity index (χ2n) is 11.2. The normalized spacial score (nSPS) is 13.6. The van der Waals surface area contributed by atoms with Gasteiger partial charge in [-0.15, -0.1) is 10.2 Å². The van der Waals surface area contributed by atoms with Gasteiger partial charge in [-0.2, -0.15) is 0 Å². The van der Waals surface area contributed by atoms with Crippen LogP contribution in [-0.4, -0.2) is 69.7 Å². The molecular weight excluding hydrogens is 619 g/mol. The maximum atomic E-state index is 13.2. The van der Waals surface area contributed by atoms with Crippen molar-refractivity contribution in [3.05, 3.63) is 112 Å². The number of methoxy groups -OCH3 is 1. The van der Waals surface area contributed by atoms with E-state index in [0.717, 1.165) is 33.2 Å². The second-order valence-corrected chi connectivity index (χ2v) is 11.7. The molecule has 2 amide bonds. The summed E-state index contributed by atoms with van der Waals surface area (Å²) in [4.78, 5) is 30.9. The summed E-state index contributed by atoms with van der Waals surface area (Å²) in [6.07, 6.45) is 0.532. The average Bonchev–Trinajstić information content (AvgIpc) is 3.40. The van der Waals surface area contributed by atoms with E-state index in [-0.39, 0.29) is 24.8 Å². The van der Waals surface area contributed by atoms with Crippen LogP contribution in [0.1, 0.15) is 40.8 Å². The lowest BCUT2D eigenvalue weighted by molar-refractivity contribution is -0.126. The number of rotatable bonds is 10. The fourth-order valence-electron chi connectivity index (χ4n) is 5.64. The van der Waals surface area contributed by atoms with Crippen LogP contribution in [0, 0.1) is 6.92 Å². The Bertz CT molecular complexity index is 2000. The Hall–Kier alpha value is -5.04. The summed E-state index contributed by atoms with van der Waals surface area (Å²) in [5, 5.41) is 35.5. The number of benzene rings is 4. The Morgan fingerprint density at radius 2 is 1.70 bits per heavy atom. The summed E-state index contributed by atoms with van der Waals surface area (Å²) in [5.41, 5.74) is 4.49. The molecule has 47 heavy (non-hydrogen) atoms. The third kappa shape index (κ3) is 7.04. The zero-order valence-electron chi connectivity index (χ0n) is 25.8. The number of aromatic nitrogens is 3. The summed E-state index contributed by atoms with van der Waals surface area (Å²) >= 11 is 6.18. The first-order chi connectivity index (χ1) is 22.7. The Labute approximate surface area is 276 Å². The van der Waals surface area contributed by atoms with Crippen LogP contribution in [-0.2, 0) is 16.0 Å². The SMILES string of the molecule is COc1ccc2c(c1)C(c1ccc(Cl)cc1)=N[C@@H](CC(=O)NCC(=O)NCCc1ccc3cc(B(O)O)ccc3c1)c1nnc(C)n1-2. The highest BCUT2D eigenvalue weighted by Crippen LogP contribution is 2.34. The molecule has 1 aliphatic heterocycles. The van der Waals surface area contributed by atoms with E-state index in [4.69, 9.17) is 21.3 Å². The lowest BCUT2D eigenvalue weighted by atomic mass is 9.79. The number of hydrogen-bond donors (Lipinski definition) is 4. The molecule has 0 fully saturated rings. The average molecular weight is 651 g/mol. The molecule has 5 aromatic rings. The van der Waals surface area contributed by atoms with Gasteiger partial charge in [-0.25, -0.2) is 0 Å². The Morgan fingerprint density at radius 3 is 2.47 bits per heavy atom. The molecule has 0 radical (unpaired) electrons. The molecule has 6 rings (SSSR count). The van der Waals surface area contributed by atoms with Gasteiger partial charge in [0.25, 0.3) is 0 Å². The minimum absolute atomic E-state index is 0.0558. The molecule has 1 aliphatic rings. The van der Waals surface area contributed by atoms with Gasteiger partial charge >= 0.3 is 7.12 Å². The highest BCUT2D eigenvalue weighted by Gasteiger charge is 2.30. The van der Waals surface area contributed by atoms with Crippen LogP contribution < -0.4 is 20.8 Å². The molecule has 4 aromatic carbocycles. The smallest absolute Gasteiger partial charge is 0.488 e. The Kier molecular flexibility index (Phi) is 9.35. The molecule has 11 nitrogen and oxygen atoms in total. The van der Waals surface area contributed by atoms with Gasteiger partial charge in [0.2, 0.25) is 11.8 Å². The van der Waals surface area contributed by atoms with E-state index in [1.165, 1.54) is 0 Å². The van der Waals surface area contributed by atoms with Crippen molar-refractivity contribution in [2.24, 2.45) is 4.99 Å². The van der Waals surface area contributed by atoms with Crippen molar-refractivity contribution in [1.29, 1.82) is 0 Å². The Balaban J connectivity index is 1.13. The van der Waals surface area contributed by atoms with E-state index in [1.54, 1.807) is 31.4 Å². The molecular formula is C34H32BClN6O5. The van der Waals surface area contributed by atoms with Crippen molar-refractivity contribution in [1.82, 2.24) is 25.4 Å². The summed E-state index contributed by atoms with van der Waals surface area (Å²) in [7, 11) is 0.0782. The summed E-state index contributed by atoms with van der Waals surface area (Å²) in [6.45, 7) is 2.04. The third-order valence-corrected chi connectivity index (χ3v) is 8.29. The van der Waals surface area contributed by atoms with Crippen LogP contribution in [0.5, 0.6) is 5.75 Å². The molecule has 0 spiro atoms. The number of aliphatic imine (C=N–C) groups is 1. The highest BCUT2D eigenvalue weighted by molar-refractivity contribution is 6.58. The van der Waals surface area contributed by atoms with Gasteiger partial charge in [-0.05, 0) is 65.5 Å². The van der Waals surface area contributed by atoms with Crippen LogP contribution in [0.4, 0.5) is 0 Å². The number of aryl methyl sites for hydroxylation is 1. The molecule has 0 bridgehead atoms. The molecule has 0 aliphatic carbocycles. The highest BCUT2D eigenvalue weighted by atomic mass is 35.5. The monoisotopic (exact) mass is 650 g/mol. The van der Waals surface area contributed by atoms with Crippen LogP contribution in [0.15, 0.2) is 83.9 Å². The van der Waals surface area contributed by atoms with Crippen LogP contribution >= 0.6 is 11.6 Å². The number of halogens is 1. The minimum atomic E-state index is -1.52. The number of fused-ring (bicyclic) bond motifs is 4. The second kappa shape index (κ2) is 13.8. The molecule has 2 heterocycles. The van der Waals surface area contributed by atoms with Crippen LogP contribution in [0.2, 0.25) is 5.02 Å². The van der Waals surface area contributed by atoms with E-state index in [0.29, 0.717) is 46.6 Å². The summed E-state index contributed by atoms with van der Waals surface area (Å²) in [6, 6.07) is 23.4. The third-order valence-electron chi connectivity index (χ3n) is 8.04. The number of nitrogens with one attached hydrogen (secondary N) is 2.